The molecular formula is C17H27F2N. The Labute approximate surface area is 121 Å². The van der Waals surface area contributed by atoms with Crippen LogP contribution < -0.4 is 5.73 Å². The van der Waals surface area contributed by atoms with Crippen molar-refractivity contribution in [3.8, 4) is 0 Å². The number of nitrogens with two attached hydrogens (primary N) is 1. The maximum atomic E-state index is 13.5. The summed E-state index contributed by atoms with van der Waals surface area (Å²) >= 11 is 0. The molecule has 2 N–H and O–H groups in total. The zero-order chi connectivity index (χ0) is 14.8. The van der Waals surface area contributed by atoms with Gasteiger partial charge in [0.25, 0.3) is 0 Å². The van der Waals surface area contributed by atoms with Crippen molar-refractivity contribution in [3.63, 3.8) is 0 Å². The summed E-state index contributed by atoms with van der Waals surface area (Å²) in [6.07, 6.45) is 9.73. The molecule has 0 heterocycles. The summed E-state index contributed by atoms with van der Waals surface area (Å²) in [5.74, 6) is -0.972. The normalized spacial score (nSPS) is 12.6. The van der Waals surface area contributed by atoms with Crippen LogP contribution in [0.3, 0.4) is 0 Å². The van der Waals surface area contributed by atoms with Crippen LogP contribution in [0, 0.1) is 11.6 Å². The molecule has 0 radical (unpaired) electrons. The summed E-state index contributed by atoms with van der Waals surface area (Å²) in [7, 11) is 0. The lowest BCUT2D eigenvalue weighted by molar-refractivity contribution is 0.499. The van der Waals surface area contributed by atoms with Crippen molar-refractivity contribution in [2.24, 2.45) is 5.73 Å². The standard InChI is InChI=1S/C17H27F2N/c1-2-3-4-5-6-7-8-10-14(20)13-15-16(18)11-9-12-17(15)19/h9,11-12,14H,2-8,10,13,20H2,1H3. The zero-order valence-corrected chi connectivity index (χ0v) is 12.5. The first kappa shape index (κ1) is 17.1. The Morgan fingerprint density at radius 2 is 1.50 bits per heavy atom. The molecule has 0 saturated heterocycles. The van der Waals surface area contributed by atoms with E-state index in [0.29, 0.717) is 0 Å². The van der Waals surface area contributed by atoms with Crippen LogP contribution in [0.4, 0.5) is 8.78 Å². The minimum absolute atomic E-state index is 0.128. The summed E-state index contributed by atoms with van der Waals surface area (Å²) in [5.41, 5.74) is 6.10. The van der Waals surface area contributed by atoms with Gasteiger partial charge in [0.15, 0.2) is 0 Å². The second kappa shape index (κ2) is 9.87. The average Bonchev–Trinajstić information content (AvgIpc) is 2.42. The van der Waals surface area contributed by atoms with Crippen molar-refractivity contribution in [1.82, 2.24) is 0 Å². The van der Waals surface area contributed by atoms with E-state index in [1.807, 2.05) is 0 Å². The highest BCUT2D eigenvalue weighted by Gasteiger charge is 2.12. The van der Waals surface area contributed by atoms with Crippen molar-refractivity contribution in [3.05, 3.63) is 35.4 Å². The van der Waals surface area contributed by atoms with Crippen molar-refractivity contribution < 1.29 is 8.78 Å². The van der Waals surface area contributed by atoms with Crippen molar-refractivity contribution in [2.45, 2.75) is 70.8 Å². The second-order valence-electron chi connectivity index (χ2n) is 5.57. The van der Waals surface area contributed by atoms with Gasteiger partial charge in [-0.15, -0.1) is 0 Å². The lowest BCUT2D eigenvalue weighted by Crippen LogP contribution is -2.23. The van der Waals surface area contributed by atoms with Crippen LogP contribution in [-0.4, -0.2) is 6.04 Å². The molecule has 20 heavy (non-hydrogen) atoms. The SMILES string of the molecule is CCCCCCCCCC(N)Cc1c(F)cccc1F. The maximum Gasteiger partial charge on any atom is 0.129 e. The summed E-state index contributed by atoms with van der Waals surface area (Å²) in [5, 5.41) is 0. The van der Waals surface area contributed by atoms with E-state index in [4.69, 9.17) is 5.73 Å². The van der Waals surface area contributed by atoms with Gasteiger partial charge >= 0.3 is 0 Å². The molecule has 0 amide bonds. The van der Waals surface area contributed by atoms with Gasteiger partial charge in [-0.25, -0.2) is 8.78 Å². The number of hydrogen-bond acceptors (Lipinski definition) is 1. The Morgan fingerprint density at radius 1 is 0.950 bits per heavy atom. The molecule has 0 saturated carbocycles. The van der Waals surface area contributed by atoms with Crippen LogP contribution in [0.2, 0.25) is 0 Å². The van der Waals surface area contributed by atoms with Crippen molar-refractivity contribution >= 4 is 0 Å². The van der Waals surface area contributed by atoms with Crippen LogP contribution in [0.1, 0.15) is 63.9 Å². The molecule has 1 rings (SSSR count). The lowest BCUT2D eigenvalue weighted by Gasteiger charge is -2.12. The van der Waals surface area contributed by atoms with Gasteiger partial charge in [-0.3, -0.25) is 0 Å². The third-order valence-electron chi connectivity index (χ3n) is 3.71. The largest absolute Gasteiger partial charge is 0.327 e. The lowest BCUT2D eigenvalue weighted by atomic mass is 9.99. The molecule has 0 aliphatic rings. The van der Waals surface area contributed by atoms with Crippen LogP contribution in [-0.2, 0) is 6.42 Å². The highest BCUT2D eigenvalue weighted by molar-refractivity contribution is 5.20. The Hall–Kier alpha value is -0.960. The summed E-state index contributed by atoms with van der Waals surface area (Å²) in [6.45, 7) is 2.21. The summed E-state index contributed by atoms with van der Waals surface area (Å²) < 4.78 is 27.0. The van der Waals surface area contributed by atoms with Crippen molar-refractivity contribution in [1.29, 1.82) is 0 Å². The molecule has 0 aromatic heterocycles. The van der Waals surface area contributed by atoms with E-state index in [2.05, 4.69) is 6.92 Å². The first-order valence-corrected chi connectivity index (χ1v) is 7.83. The topological polar surface area (TPSA) is 26.0 Å². The van der Waals surface area contributed by atoms with E-state index in [1.165, 1.54) is 50.3 Å². The molecule has 0 aliphatic carbocycles. The first-order chi connectivity index (χ1) is 9.65. The molecule has 1 aromatic carbocycles. The van der Waals surface area contributed by atoms with Crippen LogP contribution in [0.5, 0.6) is 0 Å². The predicted octanol–water partition coefficient (Wildman–Crippen LogP) is 4.98. The second-order valence-corrected chi connectivity index (χ2v) is 5.57. The fraction of sp³-hybridized carbons (Fsp3) is 0.647. The number of benzene rings is 1. The molecule has 3 heteroatoms. The zero-order valence-electron chi connectivity index (χ0n) is 12.5. The molecule has 1 nitrogen and oxygen atoms in total. The molecular weight excluding hydrogens is 256 g/mol. The molecule has 0 fully saturated rings. The summed E-state index contributed by atoms with van der Waals surface area (Å²) in [4.78, 5) is 0. The smallest absolute Gasteiger partial charge is 0.129 e. The predicted molar refractivity (Wildman–Crippen MR) is 80.6 cm³/mol. The molecule has 0 spiro atoms. The van der Waals surface area contributed by atoms with Gasteiger partial charge in [-0.1, -0.05) is 57.9 Å². The third-order valence-corrected chi connectivity index (χ3v) is 3.71. The Morgan fingerprint density at radius 3 is 2.10 bits per heavy atom. The Kier molecular flexibility index (Phi) is 8.43. The van der Waals surface area contributed by atoms with Gasteiger partial charge in [0.05, 0.1) is 0 Å². The van der Waals surface area contributed by atoms with Gasteiger partial charge in [-0.2, -0.15) is 0 Å². The van der Waals surface area contributed by atoms with E-state index >= 15 is 0 Å². The fourth-order valence-corrected chi connectivity index (χ4v) is 2.46. The highest BCUT2D eigenvalue weighted by atomic mass is 19.1. The van der Waals surface area contributed by atoms with Crippen LogP contribution >= 0.6 is 0 Å². The van der Waals surface area contributed by atoms with Crippen LogP contribution in [0.15, 0.2) is 18.2 Å². The minimum Gasteiger partial charge on any atom is -0.327 e. The van der Waals surface area contributed by atoms with E-state index in [1.54, 1.807) is 0 Å². The molecule has 0 bridgehead atoms. The first-order valence-electron chi connectivity index (χ1n) is 7.83. The molecule has 1 aromatic rings. The third kappa shape index (κ3) is 6.47. The van der Waals surface area contributed by atoms with Gasteiger partial charge < -0.3 is 5.73 Å². The number of hydrogen-bond donors (Lipinski definition) is 1. The van der Waals surface area contributed by atoms with Gasteiger partial charge in [0.1, 0.15) is 11.6 Å². The van der Waals surface area contributed by atoms with Gasteiger partial charge in [0, 0.05) is 11.6 Å². The quantitative estimate of drug-likeness (QED) is 0.602. The van der Waals surface area contributed by atoms with Gasteiger partial charge in [0.2, 0.25) is 0 Å². The Balaban J connectivity index is 2.19. The maximum absolute atomic E-state index is 13.5. The van der Waals surface area contributed by atoms with E-state index in [9.17, 15) is 8.78 Å². The van der Waals surface area contributed by atoms with E-state index in [0.717, 1.165) is 19.3 Å². The fourth-order valence-electron chi connectivity index (χ4n) is 2.46. The van der Waals surface area contributed by atoms with Gasteiger partial charge in [-0.05, 0) is 25.0 Å². The minimum atomic E-state index is -0.486. The average molecular weight is 283 g/mol. The summed E-state index contributed by atoms with van der Waals surface area (Å²) in [6, 6.07) is 3.81. The van der Waals surface area contributed by atoms with Crippen LogP contribution in [0.25, 0.3) is 0 Å². The van der Waals surface area contributed by atoms with Crippen molar-refractivity contribution in [2.75, 3.05) is 0 Å². The molecule has 114 valence electrons. The monoisotopic (exact) mass is 283 g/mol. The Bertz CT molecular complexity index is 359. The number of rotatable bonds is 10. The molecule has 1 atom stereocenters. The number of unbranched alkanes of at least 4 members (excludes halogenated alkanes) is 6. The number of halogens is 2. The highest BCUT2D eigenvalue weighted by Crippen LogP contribution is 2.16. The molecule has 1 unspecified atom stereocenters. The van der Waals surface area contributed by atoms with E-state index in [-0.39, 0.29) is 18.0 Å². The molecule has 0 aliphatic heterocycles. The van der Waals surface area contributed by atoms with E-state index < -0.39 is 11.6 Å².